The number of furan rings is 1. The van der Waals surface area contributed by atoms with Gasteiger partial charge in [-0.2, -0.15) is 0 Å². The lowest BCUT2D eigenvalue weighted by Crippen LogP contribution is -2.29. The van der Waals surface area contributed by atoms with E-state index in [4.69, 9.17) is 10.2 Å². The van der Waals surface area contributed by atoms with Gasteiger partial charge in [-0.3, -0.25) is 4.79 Å². The molecular weight excluding hydrogens is 198 g/mol. The largest absolute Gasteiger partial charge is 0.465 e. The van der Waals surface area contributed by atoms with Crippen LogP contribution in [0.1, 0.15) is 12.7 Å². The second-order valence-electron chi connectivity index (χ2n) is 2.83. The van der Waals surface area contributed by atoms with Gasteiger partial charge >= 0.3 is 5.97 Å². The van der Waals surface area contributed by atoms with Crippen molar-refractivity contribution in [2.75, 3.05) is 0 Å². The number of amides is 1. The maximum absolute atomic E-state index is 11.1. The molecule has 1 aromatic rings. The number of hydrogen-bond acceptors (Lipinski definition) is 4. The molecule has 0 saturated carbocycles. The van der Waals surface area contributed by atoms with E-state index in [1.54, 1.807) is 12.1 Å². The van der Waals surface area contributed by atoms with Crippen LogP contribution in [0.3, 0.4) is 0 Å². The van der Waals surface area contributed by atoms with Crippen molar-refractivity contribution in [3.63, 3.8) is 0 Å². The minimum absolute atomic E-state index is 0.527. The first kappa shape index (κ1) is 11.0. The fraction of sp³-hybridized carbons (Fsp3) is 0.200. The molecule has 80 valence electrons. The fourth-order valence-corrected chi connectivity index (χ4v) is 0.808. The predicted molar refractivity (Wildman–Crippen MR) is 52.5 cm³/mol. The van der Waals surface area contributed by atoms with Crippen LogP contribution < -0.4 is 5.73 Å². The van der Waals surface area contributed by atoms with Gasteiger partial charge in [-0.1, -0.05) is 0 Å². The highest BCUT2D eigenvalue weighted by molar-refractivity contribution is 5.89. The van der Waals surface area contributed by atoms with E-state index in [1.807, 2.05) is 0 Å². The number of esters is 1. The molecule has 0 spiro atoms. The van der Waals surface area contributed by atoms with Crippen LogP contribution in [0.2, 0.25) is 0 Å². The van der Waals surface area contributed by atoms with E-state index in [0.29, 0.717) is 5.76 Å². The Labute approximate surface area is 86.5 Å². The molecule has 0 fully saturated rings. The van der Waals surface area contributed by atoms with Gasteiger partial charge < -0.3 is 14.9 Å². The van der Waals surface area contributed by atoms with Gasteiger partial charge in [-0.15, -0.1) is 0 Å². The quantitative estimate of drug-likeness (QED) is 0.584. The van der Waals surface area contributed by atoms with Crippen molar-refractivity contribution in [3.05, 3.63) is 30.2 Å². The SMILES string of the molecule is C[C@@H](OC(=O)/C=C/c1ccco1)C(N)=O. The third-order valence-electron chi connectivity index (χ3n) is 1.62. The van der Waals surface area contributed by atoms with E-state index < -0.39 is 18.0 Å². The van der Waals surface area contributed by atoms with E-state index in [1.165, 1.54) is 19.3 Å². The molecule has 5 heteroatoms. The molecule has 1 atom stereocenters. The number of carbonyl (C=O) groups is 2. The van der Waals surface area contributed by atoms with Crippen molar-refractivity contribution < 1.29 is 18.7 Å². The molecule has 0 saturated heterocycles. The van der Waals surface area contributed by atoms with Crippen molar-refractivity contribution in [3.8, 4) is 0 Å². The zero-order chi connectivity index (χ0) is 11.3. The third-order valence-corrected chi connectivity index (χ3v) is 1.62. The Kier molecular flexibility index (Phi) is 3.68. The zero-order valence-corrected chi connectivity index (χ0v) is 8.17. The topological polar surface area (TPSA) is 82.5 Å². The van der Waals surface area contributed by atoms with E-state index in [-0.39, 0.29) is 0 Å². The van der Waals surface area contributed by atoms with Crippen LogP contribution in [0.15, 0.2) is 28.9 Å². The van der Waals surface area contributed by atoms with Crippen LogP contribution in [0.4, 0.5) is 0 Å². The maximum Gasteiger partial charge on any atom is 0.331 e. The summed E-state index contributed by atoms with van der Waals surface area (Å²) >= 11 is 0. The Hall–Kier alpha value is -2.04. The lowest BCUT2D eigenvalue weighted by Gasteiger charge is -2.06. The molecule has 15 heavy (non-hydrogen) atoms. The van der Waals surface area contributed by atoms with Gasteiger partial charge in [0, 0.05) is 6.08 Å². The normalized spacial score (nSPS) is 12.6. The van der Waals surface area contributed by atoms with Crippen LogP contribution in [0, 0.1) is 0 Å². The molecule has 1 heterocycles. The average molecular weight is 209 g/mol. The summed E-state index contributed by atoms with van der Waals surface area (Å²) in [4.78, 5) is 21.7. The molecule has 0 aliphatic carbocycles. The van der Waals surface area contributed by atoms with E-state index in [2.05, 4.69) is 4.74 Å². The standard InChI is InChI=1S/C10H11NO4/c1-7(10(11)13)15-9(12)5-4-8-3-2-6-14-8/h2-7H,1H3,(H2,11,13)/b5-4+/t7-/m1/s1. The molecule has 1 aromatic heterocycles. The molecule has 0 unspecified atom stereocenters. The summed E-state index contributed by atoms with van der Waals surface area (Å²) in [6, 6.07) is 3.37. The van der Waals surface area contributed by atoms with Crippen LogP contribution in [-0.4, -0.2) is 18.0 Å². The van der Waals surface area contributed by atoms with Gasteiger partial charge in [0.2, 0.25) is 0 Å². The predicted octanol–water partition coefficient (Wildman–Crippen LogP) is 0.710. The van der Waals surface area contributed by atoms with Gasteiger partial charge in [0.1, 0.15) is 5.76 Å². The van der Waals surface area contributed by atoms with Crippen molar-refractivity contribution in [1.29, 1.82) is 0 Å². The molecular formula is C10H11NO4. The summed E-state index contributed by atoms with van der Waals surface area (Å²) in [5.41, 5.74) is 4.92. The number of carbonyl (C=O) groups excluding carboxylic acids is 2. The number of rotatable bonds is 4. The van der Waals surface area contributed by atoms with Gasteiger partial charge in [0.25, 0.3) is 5.91 Å². The zero-order valence-electron chi connectivity index (χ0n) is 8.17. The summed E-state index contributed by atoms with van der Waals surface area (Å²) < 4.78 is 9.62. The third kappa shape index (κ3) is 3.68. The van der Waals surface area contributed by atoms with Gasteiger partial charge in [0.05, 0.1) is 6.26 Å². The van der Waals surface area contributed by atoms with Crippen molar-refractivity contribution in [2.24, 2.45) is 5.73 Å². The summed E-state index contributed by atoms with van der Waals surface area (Å²) in [6.45, 7) is 1.40. The number of primary amides is 1. The van der Waals surface area contributed by atoms with E-state index in [0.717, 1.165) is 6.08 Å². The van der Waals surface area contributed by atoms with Gasteiger partial charge in [0.15, 0.2) is 6.10 Å². The lowest BCUT2D eigenvalue weighted by molar-refractivity contribution is -0.148. The minimum atomic E-state index is -0.932. The molecule has 5 nitrogen and oxygen atoms in total. The van der Waals surface area contributed by atoms with Crippen LogP contribution >= 0.6 is 0 Å². The summed E-state index contributed by atoms with van der Waals surface area (Å²) in [5, 5.41) is 0. The Morgan fingerprint density at radius 1 is 1.60 bits per heavy atom. The van der Waals surface area contributed by atoms with Crippen molar-refractivity contribution in [2.45, 2.75) is 13.0 Å². The number of nitrogens with two attached hydrogens (primary N) is 1. The van der Waals surface area contributed by atoms with Gasteiger partial charge in [-0.05, 0) is 25.1 Å². The molecule has 0 bridgehead atoms. The van der Waals surface area contributed by atoms with Crippen molar-refractivity contribution in [1.82, 2.24) is 0 Å². The molecule has 1 amide bonds. The summed E-state index contributed by atoms with van der Waals surface area (Å²) in [7, 11) is 0. The Bertz CT molecular complexity index is 367. The monoisotopic (exact) mass is 209 g/mol. The summed E-state index contributed by atoms with van der Waals surface area (Å²) in [5.74, 6) is -0.800. The number of ether oxygens (including phenoxy) is 1. The second-order valence-corrected chi connectivity index (χ2v) is 2.83. The maximum atomic E-state index is 11.1. The molecule has 0 aliphatic heterocycles. The Balaban J connectivity index is 2.46. The molecule has 0 radical (unpaired) electrons. The fourth-order valence-electron chi connectivity index (χ4n) is 0.808. The molecule has 2 N–H and O–H groups in total. The molecule has 0 aromatic carbocycles. The Morgan fingerprint density at radius 2 is 2.33 bits per heavy atom. The smallest absolute Gasteiger partial charge is 0.331 e. The Morgan fingerprint density at radius 3 is 2.87 bits per heavy atom. The number of hydrogen-bond donors (Lipinski definition) is 1. The molecule has 1 rings (SSSR count). The van der Waals surface area contributed by atoms with Crippen LogP contribution in [0.25, 0.3) is 6.08 Å². The van der Waals surface area contributed by atoms with Crippen molar-refractivity contribution >= 4 is 18.0 Å². The van der Waals surface area contributed by atoms with E-state index in [9.17, 15) is 9.59 Å². The first-order valence-corrected chi connectivity index (χ1v) is 4.31. The average Bonchev–Trinajstić information content (AvgIpc) is 2.66. The van der Waals surface area contributed by atoms with Crippen LogP contribution in [-0.2, 0) is 14.3 Å². The highest BCUT2D eigenvalue weighted by Crippen LogP contribution is 2.02. The van der Waals surface area contributed by atoms with Gasteiger partial charge in [-0.25, -0.2) is 4.79 Å². The molecule has 0 aliphatic rings. The summed E-state index contributed by atoms with van der Waals surface area (Å²) in [6.07, 6.45) is 3.16. The highest BCUT2D eigenvalue weighted by atomic mass is 16.5. The first-order valence-electron chi connectivity index (χ1n) is 4.31. The van der Waals surface area contributed by atoms with Crippen LogP contribution in [0.5, 0.6) is 0 Å². The second kappa shape index (κ2) is 4.99. The van der Waals surface area contributed by atoms with E-state index >= 15 is 0 Å². The lowest BCUT2D eigenvalue weighted by atomic mass is 10.4. The minimum Gasteiger partial charge on any atom is -0.465 e. The highest BCUT2D eigenvalue weighted by Gasteiger charge is 2.11. The first-order chi connectivity index (χ1) is 7.09.